The molecule has 0 atom stereocenters. The largest absolute Gasteiger partial charge is 0.369 e. The molecule has 4 heteroatoms. The third-order valence-corrected chi connectivity index (χ3v) is 2.90. The van der Waals surface area contributed by atoms with Gasteiger partial charge in [-0.3, -0.25) is 4.79 Å². The summed E-state index contributed by atoms with van der Waals surface area (Å²) in [4.78, 5) is 10.4. The number of hydrogen-bond acceptors (Lipinski definition) is 1. The molecule has 0 fully saturated rings. The van der Waals surface area contributed by atoms with E-state index in [4.69, 9.17) is 5.73 Å². The van der Waals surface area contributed by atoms with Crippen LogP contribution in [0.5, 0.6) is 0 Å². The van der Waals surface area contributed by atoms with Crippen molar-refractivity contribution in [1.82, 2.24) is 0 Å². The van der Waals surface area contributed by atoms with Crippen molar-refractivity contribution < 1.29 is 4.79 Å². The van der Waals surface area contributed by atoms with Gasteiger partial charge in [0.2, 0.25) is 5.91 Å². The highest BCUT2D eigenvalue weighted by atomic mass is 127. The number of alkyl halides is 2. The van der Waals surface area contributed by atoms with Crippen molar-refractivity contribution in [2.75, 3.05) is 8.86 Å². The van der Waals surface area contributed by atoms with Gasteiger partial charge in [-0.05, 0) is 0 Å². The van der Waals surface area contributed by atoms with E-state index in [1.54, 1.807) is 0 Å². The van der Waals surface area contributed by atoms with Crippen molar-refractivity contribution in [3.8, 4) is 0 Å². The highest BCUT2D eigenvalue weighted by Crippen LogP contribution is 2.04. The average Bonchev–Trinajstić information content (AvgIpc) is 1.69. The van der Waals surface area contributed by atoms with Crippen LogP contribution in [0.25, 0.3) is 0 Å². The maximum Gasteiger partial charge on any atom is 0.222 e. The van der Waals surface area contributed by atoms with E-state index in [9.17, 15) is 4.79 Å². The van der Waals surface area contributed by atoms with Gasteiger partial charge in [0.15, 0.2) is 0 Å². The van der Waals surface area contributed by atoms with Gasteiger partial charge in [-0.1, -0.05) is 45.2 Å². The molecule has 0 saturated carbocycles. The smallest absolute Gasteiger partial charge is 0.222 e. The Labute approximate surface area is 75.9 Å². The first kappa shape index (κ1) is 8.93. The third kappa shape index (κ3) is 3.06. The number of carbonyl (C=O) groups is 1. The Bertz CT molecular complexity index is 82.1. The molecule has 8 heavy (non-hydrogen) atoms. The summed E-state index contributed by atoms with van der Waals surface area (Å²) in [6.45, 7) is 0. The van der Waals surface area contributed by atoms with Gasteiger partial charge >= 0.3 is 0 Å². The second-order valence-electron chi connectivity index (χ2n) is 1.41. The summed E-state index contributed by atoms with van der Waals surface area (Å²) in [5, 5.41) is 0. The van der Waals surface area contributed by atoms with Crippen molar-refractivity contribution in [3.63, 3.8) is 0 Å². The van der Waals surface area contributed by atoms with Crippen LogP contribution >= 0.6 is 45.2 Å². The molecule has 0 aromatic carbocycles. The molecule has 0 bridgehead atoms. The van der Waals surface area contributed by atoms with Gasteiger partial charge in [-0.2, -0.15) is 0 Å². The summed E-state index contributed by atoms with van der Waals surface area (Å²) in [5.41, 5.74) is 5.01. The van der Waals surface area contributed by atoms with E-state index in [0.717, 1.165) is 8.86 Å². The molecule has 0 aliphatic carbocycles. The lowest BCUT2D eigenvalue weighted by atomic mass is 10.2. The zero-order valence-corrected chi connectivity index (χ0v) is 8.55. The normalized spacial score (nSPS) is 9.88. The third-order valence-electron chi connectivity index (χ3n) is 0.775. The SMILES string of the molecule is NC(=O)C(CI)CI. The van der Waals surface area contributed by atoms with E-state index in [1.807, 2.05) is 0 Å². The number of halogens is 2. The zero-order valence-electron chi connectivity index (χ0n) is 4.23. The molecule has 0 rings (SSSR count). The summed E-state index contributed by atoms with van der Waals surface area (Å²) in [7, 11) is 0. The van der Waals surface area contributed by atoms with E-state index in [2.05, 4.69) is 45.2 Å². The van der Waals surface area contributed by atoms with E-state index in [0.29, 0.717) is 0 Å². The van der Waals surface area contributed by atoms with Crippen LogP contribution in [-0.2, 0) is 4.79 Å². The van der Waals surface area contributed by atoms with Crippen molar-refractivity contribution in [1.29, 1.82) is 0 Å². The summed E-state index contributed by atoms with van der Waals surface area (Å²) in [5.74, 6) is -0.120. The number of nitrogens with two attached hydrogens (primary N) is 1. The summed E-state index contributed by atoms with van der Waals surface area (Å²) in [6.07, 6.45) is 0. The Morgan fingerprint density at radius 3 is 1.88 bits per heavy atom. The van der Waals surface area contributed by atoms with Gasteiger partial charge in [-0.25, -0.2) is 0 Å². The molecule has 2 N–H and O–H groups in total. The fourth-order valence-electron chi connectivity index (χ4n) is 0.193. The van der Waals surface area contributed by atoms with Gasteiger partial charge in [0.05, 0.1) is 5.92 Å². The Morgan fingerprint density at radius 1 is 1.50 bits per heavy atom. The van der Waals surface area contributed by atoms with Crippen molar-refractivity contribution in [2.24, 2.45) is 11.7 Å². The van der Waals surface area contributed by atoms with Gasteiger partial charge < -0.3 is 5.73 Å². The first-order valence-corrected chi connectivity index (χ1v) is 5.18. The molecule has 1 amide bonds. The number of primary amides is 1. The molecule has 2 nitrogen and oxygen atoms in total. The van der Waals surface area contributed by atoms with Gasteiger partial charge in [0.1, 0.15) is 0 Å². The predicted octanol–water partition coefficient (Wildman–Crippen LogP) is 0.958. The van der Waals surface area contributed by atoms with Gasteiger partial charge in [0.25, 0.3) is 0 Å². The summed E-state index contributed by atoms with van der Waals surface area (Å²) < 4.78 is 1.66. The Hall–Kier alpha value is 0.930. The predicted molar refractivity (Wildman–Crippen MR) is 50.5 cm³/mol. The standard InChI is InChI=1S/C4H7I2NO/c5-1-3(2-6)4(7)8/h3H,1-2H2,(H2,7,8). The van der Waals surface area contributed by atoms with Crippen molar-refractivity contribution in [2.45, 2.75) is 0 Å². The Morgan fingerprint density at radius 2 is 1.88 bits per heavy atom. The molecule has 48 valence electrons. The van der Waals surface area contributed by atoms with Crippen LogP contribution in [0, 0.1) is 5.92 Å². The van der Waals surface area contributed by atoms with Crippen LogP contribution < -0.4 is 5.73 Å². The summed E-state index contributed by atoms with van der Waals surface area (Å²) in [6, 6.07) is 0. The number of amides is 1. The van der Waals surface area contributed by atoms with E-state index in [-0.39, 0.29) is 11.8 Å². The molecule has 0 unspecified atom stereocenters. The topological polar surface area (TPSA) is 43.1 Å². The zero-order chi connectivity index (χ0) is 6.57. The van der Waals surface area contributed by atoms with E-state index in [1.165, 1.54) is 0 Å². The molecule has 0 aliphatic heterocycles. The molecular weight excluding hydrogens is 332 g/mol. The number of carbonyl (C=O) groups excluding carboxylic acids is 1. The lowest BCUT2D eigenvalue weighted by Crippen LogP contribution is -2.25. The van der Waals surface area contributed by atoms with Crippen LogP contribution in [0.3, 0.4) is 0 Å². The average molecular weight is 339 g/mol. The molecule has 0 heterocycles. The fourth-order valence-corrected chi connectivity index (χ4v) is 2.88. The molecular formula is C4H7I2NO. The second kappa shape index (κ2) is 4.78. The van der Waals surface area contributed by atoms with Gasteiger partial charge in [-0.15, -0.1) is 0 Å². The second-order valence-corrected chi connectivity index (χ2v) is 3.17. The first-order chi connectivity index (χ1) is 3.72. The molecule has 0 aromatic heterocycles. The molecule has 0 spiro atoms. The van der Waals surface area contributed by atoms with E-state index < -0.39 is 0 Å². The highest BCUT2D eigenvalue weighted by molar-refractivity contribution is 14.1. The fraction of sp³-hybridized carbons (Fsp3) is 0.750. The molecule has 0 saturated heterocycles. The lowest BCUT2D eigenvalue weighted by molar-refractivity contribution is -0.120. The Balaban J connectivity index is 3.52. The number of hydrogen-bond donors (Lipinski definition) is 1. The maximum absolute atomic E-state index is 10.4. The lowest BCUT2D eigenvalue weighted by Gasteiger charge is -2.01. The minimum absolute atomic E-state index is 0.0659. The first-order valence-electron chi connectivity index (χ1n) is 2.13. The Kier molecular flexibility index (Phi) is 5.33. The van der Waals surface area contributed by atoms with Gasteiger partial charge in [0, 0.05) is 8.86 Å². The molecule has 0 radical (unpaired) electrons. The van der Waals surface area contributed by atoms with Crippen LogP contribution in [0.15, 0.2) is 0 Å². The molecule has 0 aliphatic rings. The minimum atomic E-state index is -0.186. The van der Waals surface area contributed by atoms with Crippen LogP contribution in [0.2, 0.25) is 0 Å². The number of rotatable bonds is 3. The summed E-state index contributed by atoms with van der Waals surface area (Å²) >= 11 is 4.32. The van der Waals surface area contributed by atoms with Crippen LogP contribution in [-0.4, -0.2) is 14.8 Å². The van der Waals surface area contributed by atoms with E-state index >= 15 is 0 Å². The van der Waals surface area contributed by atoms with Crippen molar-refractivity contribution >= 4 is 51.1 Å². The van der Waals surface area contributed by atoms with Crippen LogP contribution in [0.1, 0.15) is 0 Å². The quantitative estimate of drug-likeness (QED) is 0.604. The minimum Gasteiger partial charge on any atom is -0.369 e. The molecule has 0 aromatic rings. The van der Waals surface area contributed by atoms with Crippen LogP contribution in [0.4, 0.5) is 0 Å². The highest BCUT2D eigenvalue weighted by Gasteiger charge is 2.09. The maximum atomic E-state index is 10.4. The monoisotopic (exact) mass is 339 g/mol. The van der Waals surface area contributed by atoms with Crippen molar-refractivity contribution in [3.05, 3.63) is 0 Å².